The third kappa shape index (κ3) is 1.84. The molecular weight excluding hydrogens is 285 g/mol. The predicted octanol–water partition coefficient (Wildman–Crippen LogP) is 3.86. The highest BCUT2D eigenvalue weighted by atomic mass is 32.1. The third-order valence-corrected chi connectivity index (χ3v) is 4.59. The van der Waals surface area contributed by atoms with Gasteiger partial charge in [-0.3, -0.25) is 0 Å². The molecule has 3 heterocycles. The molecule has 2 aromatic heterocycles. The Hall–Kier alpha value is -2.01. The number of aryl methyl sites for hydroxylation is 2. The Bertz CT molecular complexity index is 906. The lowest BCUT2D eigenvalue weighted by Crippen LogP contribution is -2.03. The molecule has 1 aliphatic heterocycles. The maximum absolute atomic E-state index is 13.1. The van der Waals surface area contributed by atoms with Gasteiger partial charge in [0.05, 0.1) is 11.1 Å². The second-order valence-corrected chi connectivity index (χ2v) is 5.81. The topological polar surface area (TPSA) is 22.8 Å². The summed E-state index contributed by atoms with van der Waals surface area (Å²) in [6, 6.07) is 8.58. The van der Waals surface area contributed by atoms with Gasteiger partial charge in [-0.2, -0.15) is 0 Å². The van der Waals surface area contributed by atoms with Crippen LogP contribution in [0.1, 0.15) is 12.2 Å². The minimum absolute atomic E-state index is 0.228. The van der Waals surface area contributed by atoms with Crippen LogP contribution in [-0.2, 0) is 20.0 Å². The lowest BCUT2D eigenvalue weighted by atomic mass is 10.1. The summed E-state index contributed by atoms with van der Waals surface area (Å²) in [7, 11) is 1.98. The van der Waals surface area contributed by atoms with Gasteiger partial charge in [0.2, 0.25) is 0 Å². The van der Waals surface area contributed by atoms with E-state index in [-0.39, 0.29) is 5.82 Å². The van der Waals surface area contributed by atoms with Crippen LogP contribution in [0, 0.1) is 10.5 Å². The van der Waals surface area contributed by atoms with Crippen LogP contribution < -0.4 is 0 Å². The molecule has 0 radical (unpaired) electrons. The summed E-state index contributed by atoms with van der Waals surface area (Å²) in [4.78, 5) is 4.77. The van der Waals surface area contributed by atoms with Gasteiger partial charge in [-0.05, 0) is 42.3 Å². The predicted molar refractivity (Wildman–Crippen MR) is 83.3 cm³/mol. The molecule has 0 saturated carbocycles. The molecule has 4 rings (SSSR count). The number of nitrogens with zero attached hydrogens (tertiary/aromatic N) is 3. The fourth-order valence-corrected chi connectivity index (χ4v) is 3.39. The number of hydrogen-bond donors (Lipinski definition) is 0. The zero-order chi connectivity index (χ0) is 14.6. The van der Waals surface area contributed by atoms with Crippen LogP contribution in [0.4, 0.5) is 4.39 Å². The van der Waals surface area contributed by atoms with Crippen LogP contribution in [-0.4, -0.2) is 14.1 Å². The zero-order valence-corrected chi connectivity index (χ0v) is 12.5. The van der Waals surface area contributed by atoms with Crippen LogP contribution in [0.5, 0.6) is 0 Å². The van der Waals surface area contributed by atoms with Gasteiger partial charge >= 0.3 is 0 Å². The minimum Gasteiger partial charge on any atom is -0.328 e. The SMILES string of the molecule is Cn1c(-c2ccc(F)cc2)cc2c(=S)n3c(nc21)CCC3. The first-order valence-corrected chi connectivity index (χ1v) is 7.41. The van der Waals surface area contributed by atoms with E-state index in [0.717, 1.165) is 52.1 Å². The molecule has 21 heavy (non-hydrogen) atoms. The summed E-state index contributed by atoms with van der Waals surface area (Å²) in [5.41, 5.74) is 2.89. The third-order valence-electron chi connectivity index (χ3n) is 4.15. The van der Waals surface area contributed by atoms with Crippen molar-refractivity contribution in [1.29, 1.82) is 0 Å². The number of aromatic nitrogens is 3. The van der Waals surface area contributed by atoms with Gasteiger partial charge in [0.15, 0.2) is 0 Å². The van der Waals surface area contributed by atoms with Gasteiger partial charge in [-0.15, -0.1) is 0 Å². The summed E-state index contributed by atoms with van der Waals surface area (Å²) in [5.74, 6) is 0.841. The van der Waals surface area contributed by atoms with Crippen molar-refractivity contribution in [2.45, 2.75) is 19.4 Å². The van der Waals surface area contributed by atoms with Crippen molar-refractivity contribution in [3.63, 3.8) is 0 Å². The quantitative estimate of drug-likeness (QED) is 0.637. The lowest BCUT2D eigenvalue weighted by Gasteiger charge is -2.06. The molecule has 0 N–H and O–H groups in total. The molecule has 0 atom stereocenters. The first kappa shape index (κ1) is 12.7. The average molecular weight is 299 g/mol. The molecular formula is C16H14FN3S. The van der Waals surface area contributed by atoms with E-state index in [1.54, 1.807) is 12.1 Å². The smallest absolute Gasteiger partial charge is 0.145 e. The van der Waals surface area contributed by atoms with Crippen molar-refractivity contribution >= 4 is 23.3 Å². The molecule has 0 spiro atoms. The molecule has 3 nitrogen and oxygen atoms in total. The van der Waals surface area contributed by atoms with Gasteiger partial charge in [0.1, 0.15) is 21.9 Å². The average Bonchev–Trinajstić information content (AvgIpc) is 3.07. The summed E-state index contributed by atoms with van der Waals surface area (Å²) >= 11 is 5.61. The Balaban J connectivity index is 2.00. The molecule has 0 amide bonds. The summed E-state index contributed by atoms with van der Waals surface area (Å²) in [6.45, 7) is 0.956. The zero-order valence-electron chi connectivity index (χ0n) is 11.6. The first-order valence-electron chi connectivity index (χ1n) is 7.00. The molecule has 1 aliphatic rings. The molecule has 0 saturated heterocycles. The molecule has 1 aromatic carbocycles. The lowest BCUT2D eigenvalue weighted by molar-refractivity contribution is 0.628. The summed E-state index contributed by atoms with van der Waals surface area (Å²) in [6.07, 6.45) is 2.09. The second-order valence-electron chi connectivity index (χ2n) is 5.42. The minimum atomic E-state index is -0.228. The van der Waals surface area contributed by atoms with Crippen molar-refractivity contribution in [2.24, 2.45) is 7.05 Å². The highest BCUT2D eigenvalue weighted by Gasteiger charge is 2.17. The molecule has 5 heteroatoms. The van der Waals surface area contributed by atoms with Gasteiger partial charge < -0.3 is 9.13 Å². The summed E-state index contributed by atoms with van der Waals surface area (Å²) in [5, 5.41) is 0.998. The van der Waals surface area contributed by atoms with Crippen molar-refractivity contribution < 1.29 is 4.39 Å². The standard InChI is InChI=1S/C16H14FN3S/c1-19-13(10-4-6-11(17)7-5-10)9-12-15(19)18-14-3-2-8-20(14)16(12)21/h4-7,9H,2-3,8H2,1H3. The Morgan fingerprint density at radius 1 is 1.24 bits per heavy atom. The Labute approximate surface area is 126 Å². The highest BCUT2D eigenvalue weighted by Crippen LogP contribution is 2.29. The molecule has 0 unspecified atom stereocenters. The van der Waals surface area contributed by atoms with Crippen LogP contribution in [0.3, 0.4) is 0 Å². The van der Waals surface area contributed by atoms with E-state index in [4.69, 9.17) is 17.2 Å². The maximum atomic E-state index is 13.1. The van der Waals surface area contributed by atoms with Crippen LogP contribution in [0.15, 0.2) is 30.3 Å². The van der Waals surface area contributed by atoms with E-state index in [2.05, 4.69) is 10.6 Å². The first-order chi connectivity index (χ1) is 10.1. The normalized spacial score (nSPS) is 13.8. The van der Waals surface area contributed by atoms with E-state index in [9.17, 15) is 4.39 Å². The number of benzene rings is 1. The van der Waals surface area contributed by atoms with E-state index >= 15 is 0 Å². The van der Waals surface area contributed by atoms with Crippen molar-refractivity contribution in [2.75, 3.05) is 0 Å². The van der Waals surface area contributed by atoms with Crippen LogP contribution in [0.2, 0.25) is 0 Å². The molecule has 0 aliphatic carbocycles. The van der Waals surface area contributed by atoms with E-state index in [1.165, 1.54) is 12.1 Å². The van der Waals surface area contributed by atoms with Gasteiger partial charge in [0, 0.05) is 20.0 Å². The van der Waals surface area contributed by atoms with E-state index in [0.29, 0.717) is 0 Å². The number of hydrogen-bond acceptors (Lipinski definition) is 2. The summed E-state index contributed by atoms with van der Waals surface area (Å²) < 4.78 is 18.1. The number of rotatable bonds is 1. The van der Waals surface area contributed by atoms with Crippen molar-refractivity contribution in [1.82, 2.24) is 14.1 Å². The van der Waals surface area contributed by atoms with E-state index in [1.807, 2.05) is 11.6 Å². The van der Waals surface area contributed by atoms with Crippen LogP contribution >= 0.6 is 12.2 Å². The molecule has 0 bridgehead atoms. The second kappa shape index (κ2) is 4.49. The molecule has 106 valence electrons. The van der Waals surface area contributed by atoms with Gasteiger partial charge in [0.25, 0.3) is 0 Å². The highest BCUT2D eigenvalue weighted by molar-refractivity contribution is 7.71. The van der Waals surface area contributed by atoms with Crippen molar-refractivity contribution in [3.8, 4) is 11.3 Å². The monoisotopic (exact) mass is 299 g/mol. The number of fused-ring (bicyclic) bond motifs is 2. The Kier molecular flexibility index (Phi) is 2.72. The van der Waals surface area contributed by atoms with Crippen LogP contribution in [0.25, 0.3) is 22.3 Å². The fraction of sp³-hybridized carbons (Fsp3) is 0.250. The van der Waals surface area contributed by atoms with Crippen molar-refractivity contribution in [3.05, 3.63) is 46.6 Å². The van der Waals surface area contributed by atoms with E-state index < -0.39 is 0 Å². The number of halogens is 1. The maximum Gasteiger partial charge on any atom is 0.145 e. The Morgan fingerprint density at radius 3 is 2.76 bits per heavy atom. The molecule has 3 aromatic rings. The largest absolute Gasteiger partial charge is 0.328 e. The fourth-order valence-electron chi connectivity index (χ4n) is 3.05. The molecule has 0 fully saturated rings. The van der Waals surface area contributed by atoms with Gasteiger partial charge in [-0.1, -0.05) is 12.2 Å². The Morgan fingerprint density at radius 2 is 2.00 bits per heavy atom. The van der Waals surface area contributed by atoms with Gasteiger partial charge in [-0.25, -0.2) is 9.37 Å².